The van der Waals surface area contributed by atoms with Gasteiger partial charge in [-0.25, -0.2) is 14.4 Å². The maximum Gasteiger partial charge on any atom is 0.407 e. The summed E-state index contributed by atoms with van der Waals surface area (Å²) in [5, 5.41) is 20.0. The Labute approximate surface area is 447 Å². The van der Waals surface area contributed by atoms with Crippen molar-refractivity contribution in [3.8, 4) is 0 Å². The number of nitrogens with zero attached hydrogens (tertiary/aromatic N) is 2. The van der Waals surface area contributed by atoms with Gasteiger partial charge in [-0.3, -0.25) is 24.0 Å². The second-order valence-electron chi connectivity index (χ2n) is 20.8. The zero-order chi connectivity index (χ0) is 56.2. The van der Waals surface area contributed by atoms with Crippen LogP contribution in [0.2, 0.25) is 0 Å². The highest BCUT2D eigenvalue weighted by molar-refractivity contribution is 5.96. The Morgan fingerprint density at radius 1 is 0.827 bits per heavy atom. The van der Waals surface area contributed by atoms with E-state index in [2.05, 4.69) is 21.3 Å². The van der Waals surface area contributed by atoms with Gasteiger partial charge in [-0.15, -0.1) is 0 Å². The van der Waals surface area contributed by atoms with Gasteiger partial charge < -0.3 is 50.4 Å². The molecule has 9 atom stereocenters. The molecule has 0 bridgehead atoms. The Morgan fingerprint density at radius 2 is 1.41 bits per heavy atom. The fraction of sp³-hybridized carbons (Fsp3) is 0.684. The lowest BCUT2D eigenvalue weighted by molar-refractivity contribution is -0.155. The van der Waals surface area contributed by atoms with E-state index < -0.39 is 108 Å². The van der Waals surface area contributed by atoms with Crippen LogP contribution in [0.5, 0.6) is 0 Å². The largest absolute Gasteiger partial charge is 0.456 e. The Morgan fingerprint density at radius 3 is 1.99 bits per heavy atom. The number of hydrogen-bond acceptors (Lipinski definition) is 12. The van der Waals surface area contributed by atoms with Crippen LogP contribution < -0.4 is 21.3 Å². The van der Waals surface area contributed by atoms with E-state index in [1.807, 2.05) is 26.8 Å². The van der Waals surface area contributed by atoms with Gasteiger partial charge in [-0.2, -0.15) is 0 Å². The van der Waals surface area contributed by atoms with Crippen LogP contribution in [0, 0.1) is 17.8 Å². The lowest BCUT2D eigenvalue weighted by Crippen LogP contribution is -2.57. The number of nitrogens with one attached hydrogen (secondary N) is 4. The van der Waals surface area contributed by atoms with Gasteiger partial charge in [0.25, 0.3) is 5.91 Å². The third-order valence-corrected chi connectivity index (χ3v) is 13.9. The van der Waals surface area contributed by atoms with E-state index in [1.165, 1.54) is 50.7 Å². The summed E-state index contributed by atoms with van der Waals surface area (Å²) in [4.78, 5) is 114. The molecule has 0 saturated carbocycles. The van der Waals surface area contributed by atoms with E-state index in [-0.39, 0.29) is 37.4 Å². The number of benzene rings is 1. The van der Waals surface area contributed by atoms with Gasteiger partial charge in [-0.1, -0.05) is 135 Å². The fourth-order valence-electron chi connectivity index (χ4n) is 8.71. The first-order valence-corrected chi connectivity index (χ1v) is 27.3. The van der Waals surface area contributed by atoms with Crippen LogP contribution in [0.4, 0.5) is 4.79 Å². The molecular formula is C57H92N6O12. The third kappa shape index (κ3) is 23.3. The predicted octanol–water partition coefficient (Wildman–Crippen LogP) is 6.86. The molecular weight excluding hydrogens is 961 g/mol. The van der Waals surface area contributed by atoms with Gasteiger partial charge in [0.15, 0.2) is 6.10 Å². The highest BCUT2D eigenvalue weighted by Crippen LogP contribution is 2.26. The molecule has 18 heteroatoms. The minimum absolute atomic E-state index is 0.0277. The Bertz CT molecular complexity index is 2040. The summed E-state index contributed by atoms with van der Waals surface area (Å²) < 4.78 is 18.0. The summed E-state index contributed by atoms with van der Waals surface area (Å²) in [5.74, 6) is -6.09. The van der Waals surface area contributed by atoms with Gasteiger partial charge in [-0.05, 0) is 76.9 Å². The predicted molar refractivity (Wildman–Crippen MR) is 289 cm³/mol. The molecule has 0 aliphatic carbocycles. The van der Waals surface area contributed by atoms with Crippen LogP contribution in [0.1, 0.15) is 158 Å². The van der Waals surface area contributed by atoms with Crippen molar-refractivity contribution in [1.29, 1.82) is 0 Å². The van der Waals surface area contributed by atoms with Crippen molar-refractivity contribution in [3.05, 3.63) is 59.2 Å². The molecule has 0 spiro atoms. The van der Waals surface area contributed by atoms with Crippen LogP contribution in [-0.2, 0) is 54.2 Å². The van der Waals surface area contributed by atoms with Gasteiger partial charge in [0, 0.05) is 51.6 Å². The normalized spacial score (nSPS) is 25.1. The molecule has 1 aliphatic rings. The van der Waals surface area contributed by atoms with Gasteiger partial charge >= 0.3 is 18.0 Å². The maximum atomic E-state index is 14.3. The zero-order valence-electron chi connectivity index (χ0n) is 47.2. The number of esters is 2. The van der Waals surface area contributed by atoms with Crippen molar-refractivity contribution in [2.24, 2.45) is 17.8 Å². The zero-order valence-corrected chi connectivity index (χ0v) is 47.2. The average Bonchev–Trinajstić information content (AvgIpc) is 3.38. The number of ether oxygens (including phenoxy) is 3. The highest BCUT2D eigenvalue weighted by atomic mass is 16.6. The monoisotopic (exact) mass is 1050 g/mol. The summed E-state index contributed by atoms with van der Waals surface area (Å²) >= 11 is 0. The van der Waals surface area contributed by atoms with Crippen molar-refractivity contribution < 1.29 is 57.7 Å². The van der Waals surface area contributed by atoms with Crippen LogP contribution in [0.15, 0.2) is 53.6 Å². The molecule has 1 aromatic rings. The first kappa shape index (κ1) is 65.3. The average molecular weight is 1050 g/mol. The Kier molecular flexibility index (Phi) is 30.2. The maximum absolute atomic E-state index is 14.3. The molecule has 1 aliphatic heterocycles. The van der Waals surface area contributed by atoms with Gasteiger partial charge in [0.1, 0.15) is 36.4 Å². The molecule has 0 fully saturated rings. The minimum atomic E-state index is -1.31. The second kappa shape index (κ2) is 34.7. The lowest BCUT2D eigenvalue weighted by atomic mass is 9.90. The molecule has 1 heterocycles. The van der Waals surface area contributed by atoms with E-state index in [4.69, 9.17) is 19.3 Å². The topological polar surface area (TPSA) is 239 Å². The molecule has 422 valence electrons. The number of aliphatic hydroxyl groups excluding tert-OH is 1. The molecule has 0 saturated heterocycles. The SMILES string of the molecule is C/C=C(\C)[C@H]1OC(=O)[C@@H](C)NC(=O)[C@H]([C@H](C)CC)NC(=O)CN(C)C(=O)[C@@H](Cc2ccccc2)N(C)C(=O)[C@H](C)NC(=O)[C@@H](CC(C)C)OC(=O)/C(C)=C/C[C@H](OC(=O)NCCCCCCCCCCCCO)[C@@H]1C. The summed E-state index contributed by atoms with van der Waals surface area (Å²) in [5.41, 5.74) is 1.46. The van der Waals surface area contributed by atoms with Crippen LogP contribution in [-0.4, -0.2) is 139 Å². The number of carbonyl (C=O) groups is 8. The molecule has 0 aromatic heterocycles. The molecule has 1 aromatic carbocycles. The standard InChI is InChI=1S/C57H92N6O12/c1-13-38(5)49-52(67)60-43(10)56(71)75-50(39(6)14-2)41(8)46(74-57(72)58-32-26-21-19-17-15-16-18-20-22-27-33-64)31-30-40(7)55(70)73-47(34-37(3)4)51(66)59-42(9)53(68)63(12)45(35-44-28-24-23-25-29-44)54(69)62(11)36-48(65)61-49/h14,23-25,28-30,37-38,41-43,45-47,49-50,64H,13,15-22,26-27,31-36H2,1-12H3,(H,58,72)(H,59,66)(H,60,67)(H,61,65)/b39-14+,40-30+/t38-,41+,42+,43-,45-,46+,47-,49+,50-/m1/s1. The first-order chi connectivity index (χ1) is 35.6. The number of aliphatic hydroxyl groups is 1. The van der Waals surface area contributed by atoms with Gasteiger partial charge in [0.05, 0.1) is 6.54 Å². The minimum Gasteiger partial charge on any atom is -0.456 e. The van der Waals surface area contributed by atoms with Crippen molar-refractivity contribution in [2.75, 3.05) is 33.8 Å². The number of amides is 6. The third-order valence-electron chi connectivity index (χ3n) is 13.9. The van der Waals surface area contributed by atoms with E-state index in [0.717, 1.165) is 69.8 Å². The quantitative estimate of drug-likeness (QED) is 0.0390. The summed E-state index contributed by atoms with van der Waals surface area (Å²) in [6, 6.07) is 4.38. The smallest absolute Gasteiger partial charge is 0.407 e. The number of hydrogen-bond donors (Lipinski definition) is 5. The second-order valence-corrected chi connectivity index (χ2v) is 20.8. The molecule has 5 N–H and O–H groups in total. The molecule has 6 amide bonds. The van der Waals surface area contributed by atoms with Crippen LogP contribution in [0.3, 0.4) is 0 Å². The number of unbranched alkanes of at least 4 members (excludes halogenated alkanes) is 9. The van der Waals surface area contributed by atoms with Crippen LogP contribution >= 0.6 is 0 Å². The van der Waals surface area contributed by atoms with Crippen molar-refractivity contribution in [3.63, 3.8) is 0 Å². The molecule has 75 heavy (non-hydrogen) atoms. The van der Waals surface area contributed by atoms with Gasteiger partial charge in [0.2, 0.25) is 23.6 Å². The number of cyclic esters (lactones) is 2. The molecule has 0 unspecified atom stereocenters. The summed E-state index contributed by atoms with van der Waals surface area (Å²) in [6.07, 6.45) is 10.2. The van der Waals surface area contributed by atoms with Crippen molar-refractivity contribution >= 4 is 47.6 Å². The van der Waals surface area contributed by atoms with E-state index >= 15 is 0 Å². The summed E-state index contributed by atoms with van der Waals surface area (Å²) in [6.45, 7) is 17.2. The number of alkyl carbamates (subject to hydrolysis) is 1. The van der Waals surface area contributed by atoms with Crippen molar-refractivity contribution in [1.82, 2.24) is 31.1 Å². The van der Waals surface area contributed by atoms with Crippen molar-refractivity contribution in [2.45, 2.75) is 202 Å². The molecule has 18 nitrogen and oxygen atoms in total. The number of carbonyl (C=O) groups excluding carboxylic acids is 8. The fourth-order valence-corrected chi connectivity index (χ4v) is 8.71. The number of rotatable bonds is 20. The van der Waals surface area contributed by atoms with E-state index in [0.29, 0.717) is 18.5 Å². The number of likely N-dealkylation sites (N-methyl/N-ethyl adjacent to an activating group) is 2. The molecule has 2 rings (SSSR count). The van der Waals surface area contributed by atoms with E-state index in [1.54, 1.807) is 58.0 Å². The summed E-state index contributed by atoms with van der Waals surface area (Å²) in [7, 11) is 2.85. The van der Waals surface area contributed by atoms with Crippen LogP contribution in [0.25, 0.3) is 0 Å². The molecule has 0 radical (unpaired) electrons. The Hall–Kier alpha value is -5.78. The van der Waals surface area contributed by atoms with E-state index in [9.17, 15) is 38.4 Å². The highest BCUT2D eigenvalue weighted by Gasteiger charge is 2.37. The lowest BCUT2D eigenvalue weighted by Gasteiger charge is -2.33. The number of allylic oxidation sites excluding steroid dienone is 1. The first-order valence-electron chi connectivity index (χ1n) is 27.3. The Balaban J connectivity index is 2.57.